The van der Waals surface area contributed by atoms with Crippen molar-refractivity contribution in [2.75, 3.05) is 39.3 Å². The number of carbonyl (C=O) groups is 2. The number of hydrogen-bond donors (Lipinski definition) is 0. The normalized spacial score (nSPS) is 10.3. The van der Waals surface area contributed by atoms with E-state index in [0.29, 0.717) is 17.3 Å². The van der Waals surface area contributed by atoms with E-state index in [1.165, 1.54) is 4.90 Å². The number of rotatable bonds is 8. The van der Waals surface area contributed by atoms with Gasteiger partial charge in [0.05, 0.1) is 0 Å². The van der Waals surface area contributed by atoms with E-state index in [0.717, 1.165) is 16.8 Å². The average molecular weight is 405 g/mol. The summed E-state index contributed by atoms with van der Waals surface area (Å²) in [6, 6.07) is 13.0. The van der Waals surface area contributed by atoms with Gasteiger partial charge in [-0.05, 0) is 48.4 Å². The third-order valence-corrected chi connectivity index (χ3v) is 4.37. The molecule has 0 aromatic heterocycles. The fourth-order valence-electron chi connectivity index (χ4n) is 2.47. The molecule has 0 N–H and O–H groups in total. The monoisotopic (exact) mass is 404 g/mol. The van der Waals surface area contributed by atoms with Crippen molar-refractivity contribution in [1.29, 1.82) is 0 Å². The predicted molar refractivity (Wildman–Crippen MR) is 110 cm³/mol. The SMILES string of the molecule is Cc1cc(Cl)ccc1OCC(=O)OCC(=O)N(C)Cc1ccc(N(C)C)cc1. The summed E-state index contributed by atoms with van der Waals surface area (Å²) < 4.78 is 10.4. The Labute approximate surface area is 170 Å². The Bertz CT molecular complexity index is 822. The molecule has 6 nitrogen and oxygen atoms in total. The van der Waals surface area contributed by atoms with Crippen LogP contribution < -0.4 is 9.64 Å². The molecule has 0 heterocycles. The summed E-state index contributed by atoms with van der Waals surface area (Å²) >= 11 is 5.88. The van der Waals surface area contributed by atoms with Crippen molar-refractivity contribution in [3.8, 4) is 5.75 Å². The van der Waals surface area contributed by atoms with Crippen molar-refractivity contribution in [2.45, 2.75) is 13.5 Å². The number of aryl methyl sites for hydroxylation is 1. The van der Waals surface area contributed by atoms with Gasteiger partial charge in [0.2, 0.25) is 0 Å². The van der Waals surface area contributed by atoms with Gasteiger partial charge in [-0.25, -0.2) is 4.79 Å². The van der Waals surface area contributed by atoms with E-state index < -0.39 is 5.97 Å². The first-order valence-corrected chi connectivity index (χ1v) is 9.19. The van der Waals surface area contributed by atoms with Crippen LogP contribution in [-0.2, 0) is 20.9 Å². The molecule has 2 aromatic carbocycles. The minimum atomic E-state index is -0.605. The van der Waals surface area contributed by atoms with Gasteiger partial charge in [0.25, 0.3) is 5.91 Å². The molecule has 0 unspecified atom stereocenters. The number of nitrogens with zero attached hydrogens (tertiary/aromatic N) is 2. The minimum absolute atomic E-state index is 0.272. The van der Waals surface area contributed by atoms with Gasteiger partial charge in [-0.15, -0.1) is 0 Å². The Morgan fingerprint density at radius 2 is 1.68 bits per heavy atom. The molecule has 0 aliphatic heterocycles. The lowest BCUT2D eigenvalue weighted by molar-refractivity contribution is -0.153. The van der Waals surface area contributed by atoms with Crippen LogP contribution >= 0.6 is 11.6 Å². The Morgan fingerprint density at radius 1 is 1.00 bits per heavy atom. The second kappa shape index (κ2) is 9.99. The summed E-state index contributed by atoms with van der Waals surface area (Å²) in [4.78, 5) is 27.5. The molecule has 150 valence electrons. The molecule has 0 aliphatic carbocycles. The molecule has 0 bridgehead atoms. The summed E-state index contributed by atoms with van der Waals surface area (Å²) in [7, 11) is 5.61. The number of amides is 1. The molecule has 2 aromatic rings. The number of esters is 1. The van der Waals surface area contributed by atoms with E-state index in [2.05, 4.69) is 0 Å². The molecule has 0 saturated heterocycles. The molecule has 28 heavy (non-hydrogen) atoms. The summed E-state index contributed by atoms with van der Waals surface area (Å²) in [5.74, 6) is -0.342. The van der Waals surface area contributed by atoms with Crippen LogP contribution in [0.2, 0.25) is 5.02 Å². The lowest BCUT2D eigenvalue weighted by Crippen LogP contribution is -2.31. The number of anilines is 1. The molecule has 0 spiro atoms. The van der Waals surface area contributed by atoms with E-state index >= 15 is 0 Å². The van der Waals surface area contributed by atoms with E-state index in [1.807, 2.05) is 50.2 Å². The molecule has 0 aliphatic rings. The van der Waals surface area contributed by atoms with Crippen molar-refractivity contribution >= 4 is 29.2 Å². The van der Waals surface area contributed by atoms with Crippen LogP contribution in [0.15, 0.2) is 42.5 Å². The van der Waals surface area contributed by atoms with Crippen LogP contribution in [0.5, 0.6) is 5.75 Å². The highest BCUT2D eigenvalue weighted by Crippen LogP contribution is 2.21. The van der Waals surface area contributed by atoms with Crippen LogP contribution in [0.4, 0.5) is 5.69 Å². The second-order valence-electron chi connectivity index (χ2n) is 6.67. The zero-order valence-corrected chi connectivity index (χ0v) is 17.3. The average Bonchev–Trinajstić information content (AvgIpc) is 2.65. The summed E-state index contributed by atoms with van der Waals surface area (Å²) in [5.41, 5.74) is 2.90. The molecule has 0 radical (unpaired) electrons. The topological polar surface area (TPSA) is 59.1 Å². The first-order chi connectivity index (χ1) is 13.3. The Kier molecular flexibility index (Phi) is 7.70. The molecule has 1 amide bonds. The highest BCUT2D eigenvalue weighted by molar-refractivity contribution is 6.30. The molecule has 0 atom stereocenters. The van der Waals surface area contributed by atoms with E-state index in [9.17, 15) is 9.59 Å². The highest BCUT2D eigenvalue weighted by atomic mass is 35.5. The number of carbonyl (C=O) groups excluding carboxylic acids is 2. The fourth-order valence-corrected chi connectivity index (χ4v) is 2.69. The highest BCUT2D eigenvalue weighted by Gasteiger charge is 2.13. The van der Waals surface area contributed by atoms with Crippen molar-refractivity contribution in [1.82, 2.24) is 4.90 Å². The maximum atomic E-state index is 12.2. The van der Waals surface area contributed by atoms with Gasteiger partial charge in [0.15, 0.2) is 13.2 Å². The molecular formula is C21H25ClN2O4. The van der Waals surface area contributed by atoms with E-state index in [-0.39, 0.29) is 19.1 Å². The van der Waals surface area contributed by atoms with Crippen LogP contribution in [-0.4, -0.2) is 51.1 Å². The van der Waals surface area contributed by atoms with Gasteiger partial charge in [-0.3, -0.25) is 4.79 Å². The summed E-state index contributed by atoms with van der Waals surface area (Å²) in [6.07, 6.45) is 0. The van der Waals surface area contributed by atoms with Gasteiger partial charge in [0, 0.05) is 38.4 Å². The maximum Gasteiger partial charge on any atom is 0.344 e. The number of hydrogen-bond acceptors (Lipinski definition) is 5. The molecule has 0 saturated carbocycles. The predicted octanol–water partition coefficient (Wildman–Crippen LogP) is 3.30. The van der Waals surface area contributed by atoms with Gasteiger partial charge < -0.3 is 19.3 Å². The lowest BCUT2D eigenvalue weighted by atomic mass is 10.2. The fraction of sp³-hybridized carbons (Fsp3) is 0.333. The van der Waals surface area contributed by atoms with Gasteiger partial charge in [-0.2, -0.15) is 0 Å². The Hall–Kier alpha value is -2.73. The summed E-state index contributed by atoms with van der Waals surface area (Å²) in [5, 5.41) is 0.595. The van der Waals surface area contributed by atoms with E-state index in [4.69, 9.17) is 21.1 Å². The number of benzene rings is 2. The zero-order valence-electron chi connectivity index (χ0n) is 16.6. The third-order valence-electron chi connectivity index (χ3n) is 4.14. The van der Waals surface area contributed by atoms with Crippen molar-refractivity contribution in [3.63, 3.8) is 0 Å². The smallest absolute Gasteiger partial charge is 0.344 e. The number of ether oxygens (including phenoxy) is 2. The van der Waals surface area contributed by atoms with Gasteiger partial charge in [-0.1, -0.05) is 23.7 Å². The zero-order chi connectivity index (χ0) is 20.7. The molecule has 2 rings (SSSR count). The van der Waals surface area contributed by atoms with E-state index in [1.54, 1.807) is 25.2 Å². The van der Waals surface area contributed by atoms with Crippen molar-refractivity contribution in [2.24, 2.45) is 0 Å². The lowest BCUT2D eigenvalue weighted by Gasteiger charge is -2.18. The first kappa shape index (κ1) is 21.6. The second-order valence-corrected chi connectivity index (χ2v) is 7.11. The standard InChI is InChI=1S/C21H25ClN2O4/c1-15-11-17(22)7-10-19(15)27-14-21(26)28-13-20(25)24(4)12-16-5-8-18(9-6-16)23(2)3/h5-11H,12-14H2,1-4H3. The molecule has 0 fully saturated rings. The Balaban J connectivity index is 1.76. The Morgan fingerprint density at radius 3 is 2.29 bits per heavy atom. The largest absolute Gasteiger partial charge is 0.482 e. The molecule has 7 heteroatoms. The number of likely N-dealkylation sites (N-methyl/N-ethyl adjacent to an activating group) is 1. The van der Waals surface area contributed by atoms with Crippen LogP contribution in [0, 0.1) is 6.92 Å². The van der Waals surface area contributed by atoms with Gasteiger partial charge in [0.1, 0.15) is 5.75 Å². The van der Waals surface area contributed by atoms with Gasteiger partial charge >= 0.3 is 5.97 Å². The quantitative estimate of drug-likeness (QED) is 0.632. The summed E-state index contributed by atoms with van der Waals surface area (Å²) in [6.45, 7) is 1.67. The molecular weight excluding hydrogens is 380 g/mol. The van der Waals surface area contributed by atoms with Crippen LogP contribution in [0.25, 0.3) is 0 Å². The maximum absolute atomic E-state index is 12.2. The van der Waals surface area contributed by atoms with Crippen molar-refractivity contribution < 1.29 is 19.1 Å². The first-order valence-electron chi connectivity index (χ1n) is 8.81. The van der Waals surface area contributed by atoms with Crippen LogP contribution in [0.1, 0.15) is 11.1 Å². The van der Waals surface area contributed by atoms with Crippen LogP contribution in [0.3, 0.4) is 0 Å². The van der Waals surface area contributed by atoms with Crippen molar-refractivity contribution in [3.05, 3.63) is 58.6 Å². The minimum Gasteiger partial charge on any atom is -0.482 e. The third kappa shape index (κ3) is 6.46. The number of halogens is 1.